The van der Waals surface area contributed by atoms with Crippen LogP contribution in [0, 0.1) is 17.6 Å². The number of halogens is 2. The van der Waals surface area contributed by atoms with Gasteiger partial charge in [-0.2, -0.15) is 0 Å². The first kappa shape index (κ1) is 19.0. The maximum atomic E-state index is 14.0. The number of rotatable bonds is 8. The SMILES string of the molecule is O=C(O)CCCN(Cc1ccccc1)C(=O)C1CC1c1c(F)cccc1F. The maximum Gasteiger partial charge on any atom is 0.303 e. The van der Waals surface area contributed by atoms with Crippen LogP contribution in [-0.4, -0.2) is 28.4 Å². The van der Waals surface area contributed by atoms with Gasteiger partial charge in [-0.05, 0) is 30.5 Å². The molecule has 1 saturated carbocycles. The molecule has 0 spiro atoms. The molecule has 6 heteroatoms. The molecular weight excluding hydrogens is 352 g/mol. The van der Waals surface area contributed by atoms with Crippen LogP contribution in [-0.2, 0) is 16.1 Å². The predicted octanol–water partition coefficient (Wildman–Crippen LogP) is 3.96. The van der Waals surface area contributed by atoms with Crippen LogP contribution in [0.5, 0.6) is 0 Å². The van der Waals surface area contributed by atoms with Gasteiger partial charge in [-0.15, -0.1) is 0 Å². The summed E-state index contributed by atoms with van der Waals surface area (Å²) < 4.78 is 28.0. The van der Waals surface area contributed by atoms with Gasteiger partial charge in [0.05, 0.1) is 0 Å². The van der Waals surface area contributed by atoms with E-state index in [1.807, 2.05) is 30.3 Å². The highest BCUT2D eigenvalue weighted by atomic mass is 19.1. The van der Waals surface area contributed by atoms with E-state index in [1.165, 1.54) is 18.2 Å². The summed E-state index contributed by atoms with van der Waals surface area (Å²) in [6.07, 6.45) is 0.703. The fraction of sp³-hybridized carbons (Fsp3) is 0.333. The lowest BCUT2D eigenvalue weighted by molar-refractivity contribution is -0.138. The van der Waals surface area contributed by atoms with E-state index in [0.717, 1.165) is 5.56 Å². The third-order valence-electron chi connectivity index (χ3n) is 4.82. The van der Waals surface area contributed by atoms with Gasteiger partial charge in [0, 0.05) is 36.9 Å². The zero-order chi connectivity index (χ0) is 19.4. The molecule has 0 heterocycles. The van der Waals surface area contributed by atoms with Crippen molar-refractivity contribution in [3.05, 3.63) is 71.3 Å². The van der Waals surface area contributed by atoms with Crippen LogP contribution in [0.25, 0.3) is 0 Å². The Morgan fingerprint density at radius 1 is 1.04 bits per heavy atom. The number of hydrogen-bond acceptors (Lipinski definition) is 2. The highest BCUT2D eigenvalue weighted by Crippen LogP contribution is 2.50. The molecule has 2 aromatic rings. The molecule has 1 aliphatic rings. The molecule has 0 bridgehead atoms. The summed E-state index contributed by atoms with van der Waals surface area (Å²) in [5.74, 6) is -3.29. The first-order valence-corrected chi connectivity index (χ1v) is 8.95. The fourth-order valence-corrected chi connectivity index (χ4v) is 3.38. The van der Waals surface area contributed by atoms with Gasteiger partial charge in [0.1, 0.15) is 11.6 Å². The third kappa shape index (κ3) is 4.70. The Hall–Kier alpha value is -2.76. The number of aliphatic carboxylic acids is 1. The second-order valence-corrected chi connectivity index (χ2v) is 6.83. The number of carbonyl (C=O) groups is 2. The Morgan fingerprint density at radius 3 is 2.33 bits per heavy atom. The molecule has 0 aliphatic heterocycles. The van der Waals surface area contributed by atoms with E-state index in [-0.39, 0.29) is 17.9 Å². The number of hydrogen-bond donors (Lipinski definition) is 1. The minimum atomic E-state index is -0.917. The molecule has 27 heavy (non-hydrogen) atoms. The molecule has 0 aromatic heterocycles. The van der Waals surface area contributed by atoms with Crippen LogP contribution in [0.3, 0.4) is 0 Å². The second kappa shape index (κ2) is 8.29. The van der Waals surface area contributed by atoms with Crippen LogP contribution >= 0.6 is 0 Å². The summed E-state index contributed by atoms with van der Waals surface area (Å²) in [6.45, 7) is 0.644. The molecule has 1 aliphatic carbocycles. The van der Waals surface area contributed by atoms with E-state index in [2.05, 4.69) is 0 Å². The number of carboxylic acid groups (broad SMARTS) is 1. The molecule has 2 atom stereocenters. The molecule has 0 radical (unpaired) electrons. The van der Waals surface area contributed by atoms with Crippen molar-refractivity contribution in [2.24, 2.45) is 5.92 Å². The van der Waals surface area contributed by atoms with Crippen molar-refractivity contribution in [3.8, 4) is 0 Å². The molecular formula is C21H21F2NO3. The Morgan fingerprint density at radius 2 is 1.70 bits per heavy atom. The molecule has 1 amide bonds. The number of carboxylic acids is 1. The molecule has 2 unspecified atom stereocenters. The molecule has 1 N–H and O–H groups in total. The molecule has 2 aromatic carbocycles. The molecule has 142 valence electrons. The topological polar surface area (TPSA) is 57.6 Å². The highest BCUT2D eigenvalue weighted by molar-refractivity contribution is 5.83. The van der Waals surface area contributed by atoms with Gasteiger partial charge in [-0.25, -0.2) is 8.78 Å². The van der Waals surface area contributed by atoms with E-state index < -0.39 is 29.4 Å². The summed E-state index contributed by atoms with van der Waals surface area (Å²) in [7, 11) is 0. The van der Waals surface area contributed by atoms with Gasteiger partial charge in [-0.1, -0.05) is 36.4 Å². The van der Waals surface area contributed by atoms with Gasteiger partial charge in [0.2, 0.25) is 5.91 Å². The minimum Gasteiger partial charge on any atom is -0.481 e. The summed E-state index contributed by atoms with van der Waals surface area (Å²) in [4.78, 5) is 25.3. The van der Waals surface area contributed by atoms with Crippen LogP contribution in [0.4, 0.5) is 8.78 Å². The monoisotopic (exact) mass is 373 g/mol. The van der Waals surface area contributed by atoms with Crippen molar-refractivity contribution in [2.45, 2.75) is 31.7 Å². The number of carbonyl (C=O) groups excluding carboxylic acids is 1. The van der Waals surface area contributed by atoms with E-state index in [1.54, 1.807) is 4.90 Å². The van der Waals surface area contributed by atoms with E-state index in [4.69, 9.17) is 5.11 Å². The highest BCUT2D eigenvalue weighted by Gasteiger charge is 2.48. The van der Waals surface area contributed by atoms with Gasteiger partial charge in [0.15, 0.2) is 0 Å². The van der Waals surface area contributed by atoms with Crippen molar-refractivity contribution in [2.75, 3.05) is 6.54 Å². The fourth-order valence-electron chi connectivity index (χ4n) is 3.38. The zero-order valence-corrected chi connectivity index (χ0v) is 14.8. The van der Waals surface area contributed by atoms with Crippen molar-refractivity contribution in [3.63, 3.8) is 0 Å². The number of benzene rings is 2. The largest absolute Gasteiger partial charge is 0.481 e. The van der Waals surface area contributed by atoms with Crippen LogP contribution < -0.4 is 0 Å². The minimum absolute atomic E-state index is 0.0268. The van der Waals surface area contributed by atoms with Crippen molar-refractivity contribution in [1.82, 2.24) is 4.90 Å². The van der Waals surface area contributed by atoms with E-state index >= 15 is 0 Å². The Bertz CT molecular complexity index is 805. The van der Waals surface area contributed by atoms with Gasteiger partial charge < -0.3 is 10.0 Å². The standard InChI is InChI=1S/C21H21F2NO3/c22-17-8-4-9-18(23)20(17)15-12-16(15)21(27)24(11-5-10-19(25)26)13-14-6-2-1-3-7-14/h1-4,6-9,15-16H,5,10-13H2,(H,25,26). The average molecular weight is 373 g/mol. The summed E-state index contributed by atoms with van der Waals surface area (Å²) in [5, 5.41) is 8.84. The Labute approximate surface area is 156 Å². The quantitative estimate of drug-likeness (QED) is 0.762. The molecule has 0 saturated heterocycles. The van der Waals surface area contributed by atoms with E-state index in [9.17, 15) is 18.4 Å². The predicted molar refractivity (Wildman–Crippen MR) is 95.9 cm³/mol. The number of nitrogens with zero attached hydrogens (tertiary/aromatic N) is 1. The van der Waals surface area contributed by atoms with E-state index in [0.29, 0.717) is 25.9 Å². The summed E-state index contributed by atoms with van der Waals surface area (Å²) in [5.41, 5.74) is 0.900. The molecule has 1 fully saturated rings. The lowest BCUT2D eigenvalue weighted by Gasteiger charge is -2.23. The maximum absolute atomic E-state index is 14.0. The van der Waals surface area contributed by atoms with Crippen molar-refractivity contribution < 1.29 is 23.5 Å². The normalized spacial score (nSPS) is 18.1. The van der Waals surface area contributed by atoms with Gasteiger partial charge in [-0.3, -0.25) is 9.59 Å². The number of amides is 1. The molecule has 4 nitrogen and oxygen atoms in total. The van der Waals surface area contributed by atoms with Crippen molar-refractivity contribution >= 4 is 11.9 Å². The summed E-state index contributed by atoms with van der Waals surface area (Å²) >= 11 is 0. The Kier molecular flexibility index (Phi) is 5.84. The lowest BCUT2D eigenvalue weighted by atomic mass is 10.1. The van der Waals surface area contributed by atoms with Gasteiger partial charge in [0.25, 0.3) is 0 Å². The average Bonchev–Trinajstić information content (AvgIpc) is 3.41. The van der Waals surface area contributed by atoms with Crippen LogP contribution in [0.2, 0.25) is 0 Å². The Balaban J connectivity index is 1.72. The lowest BCUT2D eigenvalue weighted by Crippen LogP contribution is -2.33. The first-order valence-electron chi connectivity index (χ1n) is 8.95. The zero-order valence-electron chi connectivity index (χ0n) is 14.8. The second-order valence-electron chi connectivity index (χ2n) is 6.83. The van der Waals surface area contributed by atoms with Crippen LogP contribution in [0.1, 0.15) is 36.3 Å². The van der Waals surface area contributed by atoms with Crippen LogP contribution in [0.15, 0.2) is 48.5 Å². The third-order valence-corrected chi connectivity index (χ3v) is 4.82. The smallest absolute Gasteiger partial charge is 0.303 e. The molecule has 3 rings (SSSR count). The van der Waals surface area contributed by atoms with Crippen molar-refractivity contribution in [1.29, 1.82) is 0 Å². The first-order chi connectivity index (χ1) is 13.0. The summed E-state index contributed by atoms with van der Waals surface area (Å²) in [6, 6.07) is 13.1. The van der Waals surface area contributed by atoms with Gasteiger partial charge >= 0.3 is 5.97 Å².